The molecule has 2 unspecified atom stereocenters. The Balaban J connectivity index is 1.58. The zero-order chi connectivity index (χ0) is 14.8. The number of aryl methyl sites for hydroxylation is 2. The number of rotatable bonds is 3. The number of aliphatic carboxylic acids is 1. The molecule has 1 heterocycles. The minimum atomic E-state index is -0.826. The molecular formula is C14H19N3O3S. The van der Waals surface area contributed by atoms with Crippen LogP contribution >= 0.6 is 11.3 Å². The summed E-state index contributed by atoms with van der Waals surface area (Å²) in [5, 5.41) is 15.4. The third-order valence-electron chi connectivity index (χ3n) is 4.22. The van der Waals surface area contributed by atoms with E-state index in [4.69, 9.17) is 0 Å². The van der Waals surface area contributed by atoms with Gasteiger partial charge in [-0.3, -0.25) is 10.1 Å². The lowest BCUT2D eigenvalue weighted by molar-refractivity contribution is -0.143. The van der Waals surface area contributed by atoms with E-state index < -0.39 is 11.9 Å². The van der Waals surface area contributed by atoms with Crippen LogP contribution in [0.5, 0.6) is 0 Å². The van der Waals surface area contributed by atoms with Gasteiger partial charge in [0.2, 0.25) is 0 Å². The Morgan fingerprint density at radius 2 is 2.00 bits per heavy atom. The van der Waals surface area contributed by atoms with Crippen molar-refractivity contribution in [2.45, 2.75) is 51.0 Å². The van der Waals surface area contributed by atoms with E-state index in [0.29, 0.717) is 11.6 Å². The summed E-state index contributed by atoms with van der Waals surface area (Å²) in [6.45, 7) is 0. The number of carbonyl (C=O) groups excluding carboxylic acids is 1. The van der Waals surface area contributed by atoms with Crippen molar-refractivity contribution in [2.24, 2.45) is 5.92 Å². The lowest BCUT2D eigenvalue weighted by Gasteiger charge is -2.29. The molecule has 2 atom stereocenters. The van der Waals surface area contributed by atoms with E-state index in [0.717, 1.165) is 44.2 Å². The van der Waals surface area contributed by atoms with Gasteiger partial charge >= 0.3 is 12.0 Å². The van der Waals surface area contributed by atoms with Gasteiger partial charge in [-0.25, -0.2) is 9.78 Å². The average molecular weight is 309 g/mol. The van der Waals surface area contributed by atoms with Crippen LogP contribution in [0.4, 0.5) is 9.93 Å². The fraction of sp³-hybridized carbons (Fsp3) is 0.643. The Morgan fingerprint density at radius 3 is 2.76 bits per heavy atom. The highest BCUT2D eigenvalue weighted by molar-refractivity contribution is 7.15. The molecule has 0 radical (unpaired) electrons. The summed E-state index contributed by atoms with van der Waals surface area (Å²) < 4.78 is 0. The Morgan fingerprint density at radius 1 is 1.19 bits per heavy atom. The number of carboxylic acid groups (broad SMARTS) is 1. The van der Waals surface area contributed by atoms with Crippen molar-refractivity contribution in [3.63, 3.8) is 0 Å². The number of hydrogen-bond acceptors (Lipinski definition) is 4. The molecule has 114 valence electrons. The average Bonchev–Trinajstić information content (AvgIpc) is 2.99. The first-order valence-corrected chi connectivity index (χ1v) is 8.24. The number of urea groups is 1. The summed E-state index contributed by atoms with van der Waals surface area (Å²) in [7, 11) is 0. The number of anilines is 1. The van der Waals surface area contributed by atoms with Crippen LogP contribution in [0.2, 0.25) is 0 Å². The Bertz CT molecular complexity index is 536. The minimum absolute atomic E-state index is 0.289. The van der Waals surface area contributed by atoms with E-state index in [1.54, 1.807) is 0 Å². The van der Waals surface area contributed by atoms with Gasteiger partial charge in [0.05, 0.1) is 11.6 Å². The monoisotopic (exact) mass is 309 g/mol. The predicted octanol–water partition coefficient (Wildman–Crippen LogP) is 2.40. The fourth-order valence-electron chi connectivity index (χ4n) is 3.14. The number of nitrogens with zero attached hydrogens (tertiary/aromatic N) is 1. The Kier molecular flexibility index (Phi) is 4.10. The van der Waals surface area contributed by atoms with Crippen molar-refractivity contribution in [2.75, 3.05) is 5.32 Å². The van der Waals surface area contributed by atoms with Crippen LogP contribution in [0, 0.1) is 5.92 Å². The molecule has 21 heavy (non-hydrogen) atoms. The van der Waals surface area contributed by atoms with Crippen LogP contribution in [0.3, 0.4) is 0 Å². The molecule has 1 aromatic heterocycles. The molecule has 0 spiro atoms. The molecule has 2 aliphatic rings. The van der Waals surface area contributed by atoms with E-state index in [-0.39, 0.29) is 12.1 Å². The fourth-order valence-corrected chi connectivity index (χ4v) is 4.19. The van der Waals surface area contributed by atoms with Gasteiger partial charge < -0.3 is 10.4 Å². The largest absolute Gasteiger partial charge is 0.481 e. The Labute approximate surface area is 127 Å². The number of thiazole rings is 1. The van der Waals surface area contributed by atoms with Crippen LogP contribution < -0.4 is 10.6 Å². The van der Waals surface area contributed by atoms with Gasteiger partial charge in [-0.1, -0.05) is 12.8 Å². The number of carbonyl (C=O) groups is 2. The predicted molar refractivity (Wildman–Crippen MR) is 79.7 cm³/mol. The molecule has 2 aliphatic carbocycles. The zero-order valence-electron chi connectivity index (χ0n) is 11.7. The topological polar surface area (TPSA) is 91.3 Å². The van der Waals surface area contributed by atoms with Crippen molar-refractivity contribution >= 4 is 28.5 Å². The molecule has 7 heteroatoms. The van der Waals surface area contributed by atoms with Crippen molar-refractivity contribution in [3.05, 3.63) is 10.6 Å². The molecule has 0 aromatic carbocycles. The minimum Gasteiger partial charge on any atom is -0.481 e. The summed E-state index contributed by atoms with van der Waals surface area (Å²) in [6.07, 6.45) is 6.39. The first-order valence-electron chi connectivity index (χ1n) is 7.42. The van der Waals surface area contributed by atoms with E-state index in [1.807, 2.05) is 0 Å². The van der Waals surface area contributed by atoms with Crippen molar-refractivity contribution < 1.29 is 14.7 Å². The molecular weight excluding hydrogens is 290 g/mol. The van der Waals surface area contributed by atoms with Crippen LogP contribution in [0.1, 0.15) is 42.7 Å². The first kappa shape index (κ1) is 14.3. The SMILES string of the molecule is O=C(Nc1nc2c(s1)CCC2)NC1CCCCC1C(=O)O. The van der Waals surface area contributed by atoms with Crippen molar-refractivity contribution in [3.8, 4) is 0 Å². The summed E-state index contributed by atoms with van der Waals surface area (Å²) in [5.74, 6) is -1.31. The van der Waals surface area contributed by atoms with Crippen LogP contribution in [0.15, 0.2) is 0 Å². The standard InChI is InChI=1S/C14H19N3O3S/c18-12(19)8-4-1-2-5-9(8)15-13(20)17-14-16-10-6-3-7-11(10)21-14/h8-9H,1-7H2,(H,18,19)(H2,15,16,17,20). The van der Waals surface area contributed by atoms with Gasteiger partial charge in [0.15, 0.2) is 5.13 Å². The number of fused-ring (bicyclic) bond motifs is 1. The molecule has 0 bridgehead atoms. The van der Waals surface area contributed by atoms with Crippen LogP contribution in [-0.2, 0) is 17.6 Å². The molecule has 3 rings (SSSR count). The second-order valence-electron chi connectivity index (χ2n) is 5.68. The molecule has 3 N–H and O–H groups in total. The maximum atomic E-state index is 12.0. The van der Waals surface area contributed by atoms with E-state index in [9.17, 15) is 14.7 Å². The smallest absolute Gasteiger partial charge is 0.321 e. The number of hydrogen-bond donors (Lipinski definition) is 3. The summed E-state index contributed by atoms with van der Waals surface area (Å²) in [5.41, 5.74) is 1.09. The molecule has 0 aliphatic heterocycles. The zero-order valence-corrected chi connectivity index (χ0v) is 12.5. The molecule has 1 fully saturated rings. The maximum Gasteiger partial charge on any atom is 0.321 e. The quantitative estimate of drug-likeness (QED) is 0.799. The number of amides is 2. The number of nitrogens with one attached hydrogen (secondary N) is 2. The molecule has 1 aromatic rings. The van der Waals surface area contributed by atoms with Crippen LogP contribution in [0.25, 0.3) is 0 Å². The van der Waals surface area contributed by atoms with Crippen molar-refractivity contribution in [1.29, 1.82) is 0 Å². The third kappa shape index (κ3) is 3.18. The van der Waals surface area contributed by atoms with Crippen LogP contribution in [-0.4, -0.2) is 28.1 Å². The lowest BCUT2D eigenvalue weighted by atomic mass is 9.84. The molecule has 6 nitrogen and oxygen atoms in total. The van der Waals surface area contributed by atoms with E-state index in [1.165, 1.54) is 16.2 Å². The highest BCUT2D eigenvalue weighted by Gasteiger charge is 2.32. The second-order valence-corrected chi connectivity index (χ2v) is 6.76. The summed E-state index contributed by atoms with van der Waals surface area (Å²) in [4.78, 5) is 28.9. The number of carboxylic acids is 1. The van der Waals surface area contributed by atoms with Crippen molar-refractivity contribution in [1.82, 2.24) is 10.3 Å². The third-order valence-corrected chi connectivity index (χ3v) is 5.29. The normalized spacial score (nSPS) is 24.4. The second kappa shape index (κ2) is 6.01. The molecule has 1 saturated carbocycles. The summed E-state index contributed by atoms with van der Waals surface area (Å²) in [6, 6.07) is -0.636. The van der Waals surface area contributed by atoms with Gasteiger partial charge in [0, 0.05) is 10.9 Å². The molecule has 2 amide bonds. The lowest BCUT2D eigenvalue weighted by Crippen LogP contribution is -2.46. The highest BCUT2D eigenvalue weighted by atomic mass is 32.1. The summed E-state index contributed by atoms with van der Waals surface area (Å²) >= 11 is 1.52. The van der Waals surface area contributed by atoms with Gasteiger partial charge in [0.1, 0.15) is 0 Å². The number of aromatic nitrogens is 1. The first-order chi connectivity index (χ1) is 10.1. The van der Waals surface area contributed by atoms with Gasteiger partial charge in [-0.2, -0.15) is 0 Å². The maximum absolute atomic E-state index is 12.0. The molecule has 0 saturated heterocycles. The van der Waals surface area contributed by atoms with Gasteiger partial charge in [-0.15, -0.1) is 11.3 Å². The van der Waals surface area contributed by atoms with Gasteiger partial charge in [0.25, 0.3) is 0 Å². The van der Waals surface area contributed by atoms with E-state index >= 15 is 0 Å². The van der Waals surface area contributed by atoms with E-state index in [2.05, 4.69) is 15.6 Å². The highest BCUT2D eigenvalue weighted by Crippen LogP contribution is 2.30. The van der Waals surface area contributed by atoms with Gasteiger partial charge in [-0.05, 0) is 32.1 Å². The Hall–Kier alpha value is -1.63.